The van der Waals surface area contributed by atoms with Gasteiger partial charge in [0.05, 0.1) is 11.9 Å². The van der Waals surface area contributed by atoms with Crippen molar-refractivity contribution in [3.05, 3.63) is 29.1 Å². The number of rotatable bonds is 3. The van der Waals surface area contributed by atoms with Crippen LogP contribution < -0.4 is 10.5 Å². The second kappa shape index (κ2) is 4.34. The Bertz CT molecular complexity index is 625. The first-order valence-corrected chi connectivity index (χ1v) is 6.69. The normalized spacial score (nSPS) is 11.4. The molecule has 0 aliphatic rings. The van der Waals surface area contributed by atoms with Crippen molar-refractivity contribution in [3.63, 3.8) is 0 Å². The van der Waals surface area contributed by atoms with Gasteiger partial charge in [0.25, 0.3) is 10.0 Å². The molecule has 7 nitrogen and oxygen atoms in total. The lowest BCUT2D eigenvalue weighted by atomic mass is 10.5. The van der Waals surface area contributed by atoms with Gasteiger partial charge in [-0.2, -0.15) is 5.10 Å². The molecule has 4 N–H and O–H groups in total. The number of nitrogen functional groups attached to an aromatic ring is 1. The van der Waals surface area contributed by atoms with E-state index in [4.69, 9.17) is 5.73 Å². The lowest BCUT2D eigenvalue weighted by Gasteiger charge is -2.07. The molecule has 0 saturated carbocycles. The third-order valence-electron chi connectivity index (χ3n) is 1.89. The highest BCUT2D eigenvalue weighted by molar-refractivity contribution is 9.10. The summed E-state index contributed by atoms with van der Waals surface area (Å²) in [6.45, 7) is 0. The van der Waals surface area contributed by atoms with Crippen molar-refractivity contribution in [3.8, 4) is 0 Å². The molecular formula is C8H8BrN5O2S. The van der Waals surface area contributed by atoms with E-state index in [2.05, 4.69) is 35.8 Å². The summed E-state index contributed by atoms with van der Waals surface area (Å²) in [7, 11) is -3.76. The van der Waals surface area contributed by atoms with Gasteiger partial charge in [-0.15, -0.1) is 0 Å². The molecule has 0 amide bonds. The van der Waals surface area contributed by atoms with Gasteiger partial charge in [0.1, 0.15) is 10.7 Å². The van der Waals surface area contributed by atoms with Crippen molar-refractivity contribution in [1.82, 2.24) is 15.2 Å². The van der Waals surface area contributed by atoms with Crippen LogP contribution in [0.15, 0.2) is 34.0 Å². The van der Waals surface area contributed by atoms with Gasteiger partial charge < -0.3 is 5.73 Å². The van der Waals surface area contributed by atoms with Crippen LogP contribution in [0.1, 0.15) is 0 Å². The predicted molar refractivity (Wildman–Crippen MR) is 65.7 cm³/mol. The number of sulfonamides is 1. The first-order valence-electron chi connectivity index (χ1n) is 4.41. The second-order valence-electron chi connectivity index (χ2n) is 3.13. The topological polar surface area (TPSA) is 114 Å². The van der Waals surface area contributed by atoms with Crippen LogP contribution in [0.4, 0.5) is 11.5 Å². The maximum absolute atomic E-state index is 12.0. The smallest absolute Gasteiger partial charge is 0.265 e. The number of nitrogens with zero attached hydrogens (tertiary/aromatic N) is 2. The van der Waals surface area contributed by atoms with Crippen molar-refractivity contribution in [2.24, 2.45) is 0 Å². The molecule has 0 aliphatic heterocycles. The summed E-state index contributed by atoms with van der Waals surface area (Å²) in [4.78, 5) is 3.67. The molecule has 2 heterocycles. The van der Waals surface area contributed by atoms with Gasteiger partial charge in [0.2, 0.25) is 0 Å². The molecule has 17 heavy (non-hydrogen) atoms. The number of pyridine rings is 1. The fourth-order valence-corrected chi connectivity index (χ4v) is 2.79. The number of nitrogens with one attached hydrogen (secondary N) is 2. The van der Waals surface area contributed by atoms with Crippen LogP contribution in [0, 0.1) is 0 Å². The zero-order valence-electron chi connectivity index (χ0n) is 8.38. The molecule has 2 rings (SSSR count). The fraction of sp³-hybridized carbons (Fsp3) is 0. The van der Waals surface area contributed by atoms with E-state index in [1.165, 1.54) is 24.7 Å². The number of aromatic amines is 1. The van der Waals surface area contributed by atoms with E-state index < -0.39 is 10.0 Å². The van der Waals surface area contributed by atoms with E-state index in [1.54, 1.807) is 0 Å². The Morgan fingerprint density at radius 1 is 1.41 bits per heavy atom. The van der Waals surface area contributed by atoms with Gasteiger partial charge in [-0.1, -0.05) is 0 Å². The molecule has 90 valence electrons. The molecular weight excluding hydrogens is 310 g/mol. The Morgan fingerprint density at radius 3 is 2.82 bits per heavy atom. The maximum Gasteiger partial charge on any atom is 0.265 e. The Morgan fingerprint density at radius 2 is 2.18 bits per heavy atom. The number of halogens is 1. The number of aromatic nitrogens is 3. The summed E-state index contributed by atoms with van der Waals surface area (Å²) in [6, 6.07) is 1.38. The van der Waals surface area contributed by atoms with Crippen molar-refractivity contribution < 1.29 is 8.42 Å². The van der Waals surface area contributed by atoms with Crippen LogP contribution >= 0.6 is 15.9 Å². The molecule has 0 fully saturated rings. The molecule has 2 aromatic heterocycles. The third-order valence-corrected chi connectivity index (χ3v) is 3.73. The molecule has 0 aliphatic carbocycles. The minimum atomic E-state index is -3.76. The van der Waals surface area contributed by atoms with Crippen LogP contribution in [-0.4, -0.2) is 23.6 Å². The molecule has 0 aromatic carbocycles. The van der Waals surface area contributed by atoms with Gasteiger partial charge in [0.15, 0.2) is 0 Å². The maximum atomic E-state index is 12.0. The third kappa shape index (κ3) is 2.56. The average molecular weight is 318 g/mol. The Kier molecular flexibility index (Phi) is 3.03. The second-order valence-corrected chi connectivity index (χ2v) is 5.70. The molecule has 0 saturated heterocycles. The number of H-pyrrole nitrogens is 1. The zero-order valence-corrected chi connectivity index (χ0v) is 10.8. The lowest BCUT2D eigenvalue weighted by molar-refractivity contribution is 0.601. The van der Waals surface area contributed by atoms with E-state index in [1.807, 2.05) is 0 Å². The standard InChI is InChI=1S/C8H8BrN5O2S/c9-5-1-7(8(10)11-2-5)17(15,16)14-6-3-12-13-4-6/h1-4,14H,(H2,10,11)(H,12,13). The van der Waals surface area contributed by atoms with Gasteiger partial charge >= 0.3 is 0 Å². The van der Waals surface area contributed by atoms with Crippen LogP contribution in [0.2, 0.25) is 0 Å². The highest BCUT2D eigenvalue weighted by Crippen LogP contribution is 2.22. The summed E-state index contributed by atoms with van der Waals surface area (Å²) in [5, 5.41) is 6.13. The van der Waals surface area contributed by atoms with Gasteiger partial charge in [-0.25, -0.2) is 13.4 Å². The zero-order chi connectivity index (χ0) is 12.5. The summed E-state index contributed by atoms with van der Waals surface area (Å²) >= 11 is 3.14. The molecule has 2 aromatic rings. The summed E-state index contributed by atoms with van der Waals surface area (Å²) in [6.07, 6.45) is 4.19. The van der Waals surface area contributed by atoms with Crippen LogP contribution in [0.25, 0.3) is 0 Å². The van der Waals surface area contributed by atoms with Crippen LogP contribution in [0.3, 0.4) is 0 Å². The minimum Gasteiger partial charge on any atom is -0.383 e. The highest BCUT2D eigenvalue weighted by atomic mass is 79.9. The Hall–Kier alpha value is -1.61. The highest BCUT2D eigenvalue weighted by Gasteiger charge is 2.19. The average Bonchev–Trinajstić information content (AvgIpc) is 2.73. The molecule has 9 heteroatoms. The van der Waals surface area contributed by atoms with E-state index in [0.717, 1.165) is 0 Å². The van der Waals surface area contributed by atoms with Crippen LogP contribution in [0.5, 0.6) is 0 Å². The summed E-state index contributed by atoms with van der Waals surface area (Å²) < 4.78 is 26.8. The summed E-state index contributed by atoms with van der Waals surface area (Å²) in [5.41, 5.74) is 5.85. The number of nitrogens with two attached hydrogens (primary N) is 1. The molecule has 0 bridgehead atoms. The predicted octanol–water partition coefficient (Wildman–Crippen LogP) is 0.950. The first kappa shape index (κ1) is 11.9. The van der Waals surface area contributed by atoms with Gasteiger partial charge in [-0.05, 0) is 22.0 Å². The van der Waals surface area contributed by atoms with E-state index >= 15 is 0 Å². The fourth-order valence-electron chi connectivity index (χ4n) is 1.16. The van der Waals surface area contributed by atoms with Crippen molar-refractivity contribution >= 4 is 37.5 Å². The van der Waals surface area contributed by atoms with Gasteiger partial charge in [0, 0.05) is 16.9 Å². The van der Waals surface area contributed by atoms with E-state index in [9.17, 15) is 8.42 Å². The van der Waals surface area contributed by atoms with E-state index in [-0.39, 0.29) is 10.7 Å². The molecule has 0 spiro atoms. The number of hydrogen-bond donors (Lipinski definition) is 3. The molecule has 0 radical (unpaired) electrons. The SMILES string of the molecule is Nc1ncc(Br)cc1S(=O)(=O)Nc1cn[nH]c1. The van der Waals surface area contributed by atoms with Crippen molar-refractivity contribution in [1.29, 1.82) is 0 Å². The molecule has 0 unspecified atom stereocenters. The number of anilines is 2. The minimum absolute atomic E-state index is 0.0656. The van der Waals surface area contributed by atoms with Crippen molar-refractivity contribution in [2.45, 2.75) is 4.90 Å². The monoisotopic (exact) mass is 317 g/mol. The first-order chi connectivity index (χ1) is 7.99. The summed E-state index contributed by atoms with van der Waals surface area (Å²) in [5.74, 6) is -0.0656. The molecule has 0 atom stereocenters. The van der Waals surface area contributed by atoms with Gasteiger partial charge in [-0.3, -0.25) is 9.82 Å². The number of hydrogen-bond acceptors (Lipinski definition) is 5. The van der Waals surface area contributed by atoms with Crippen molar-refractivity contribution in [2.75, 3.05) is 10.5 Å². The Labute approximate surface area is 106 Å². The largest absolute Gasteiger partial charge is 0.383 e. The Balaban J connectivity index is 2.41. The van der Waals surface area contributed by atoms with Crippen LogP contribution in [-0.2, 0) is 10.0 Å². The van der Waals surface area contributed by atoms with E-state index in [0.29, 0.717) is 10.2 Å². The lowest BCUT2D eigenvalue weighted by Crippen LogP contribution is -2.15. The quantitative estimate of drug-likeness (QED) is 0.779.